The highest BCUT2D eigenvalue weighted by Gasteiger charge is 2.27. The molecule has 3 aromatic rings. The highest BCUT2D eigenvalue weighted by molar-refractivity contribution is 6.27. The quantitative estimate of drug-likeness (QED) is 0.676. The van der Waals surface area contributed by atoms with Gasteiger partial charge in [0.25, 0.3) is 11.8 Å². The van der Waals surface area contributed by atoms with Crippen LogP contribution in [0, 0.1) is 0 Å². The molecule has 22 heavy (non-hydrogen) atoms. The van der Waals surface area contributed by atoms with Gasteiger partial charge in [0.1, 0.15) is 5.75 Å². The fourth-order valence-corrected chi connectivity index (χ4v) is 2.92. The van der Waals surface area contributed by atoms with Crippen LogP contribution in [0.25, 0.3) is 21.9 Å². The molecular weight excluding hydrogens is 278 g/mol. The number of amides is 2. The number of aromatic hydroxyl groups is 1. The number of rotatable bonds is 1. The molecule has 2 N–H and O–H groups in total. The second-order valence-electron chi connectivity index (χ2n) is 5.22. The molecule has 2 amide bonds. The van der Waals surface area contributed by atoms with E-state index in [1.165, 1.54) is 0 Å². The van der Waals surface area contributed by atoms with E-state index in [4.69, 9.17) is 0 Å². The lowest BCUT2D eigenvalue weighted by Crippen LogP contribution is -2.35. The van der Waals surface area contributed by atoms with Crippen LogP contribution in [0.2, 0.25) is 0 Å². The standard InChI is InChI=1S/C18H11NO3/c20-12-7-4-10(5-8-12)13-9-6-11-2-1-3-14-15(11)16(13)18(22)19-17(14)21/h1-9,20H,(H,19,21,22). The highest BCUT2D eigenvalue weighted by Crippen LogP contribution is 2.34. The zero-order chi connectivity index (χ0) is 15.3. The van der Waals surface area contributed by atoms with Crippen LogP contribution in [0.4, 0.5) is 0 Å². The molecular formula is C18H11NO3. The molecule has 106 valence electrons. The van der Waals surface area contributed by atoms with E-state index in [0.717, 1.165) is 16.5 Å². The average Bonchev–Trinajstić information content (AvgIpc) is 2.53. The third-order valence-corrected chi connectivity index (χ3v) is 3.92. The van der Waals surface area contributed by atoms with Gasteiger partial charge in [-0.25, -0.2) is 0 Å². The Kier molecular flexibility index (Phi) is 2.53. The van der Waals surface area contributed by atoms with Gasteiger partial charge >= 0.3 is 0 Å². The number of hydrogen-bond acceptors (Lipinski definition) is 3. The van der Waals surface area contributed by atoms with Crippen LogP contribution in [0.15, 0.2) is 54.6 Å². The Morgan fingerprint density at radius 1 is 0.773 bits per heavy atom. The van der Waals surface area contributed by atoms with Crippen LogP contribution in [-0.4, -0.2) is 16.9 Å². The summed E-state index contributed by atoms with van der Waals surface area (Å²) in [5.74, 6) is -0.596. The van der Waals surface area contributed by atoms with Crippen LogP contribution < -0.4 is 5.32 Å². The Hall–Kier alpha value is -3.14. The smallest absolute Gasteiger partial charge is 0.259 e. The minimum Gasteiger partial charge on any atom is -0.508 e. The Bertz CT molecular complexity index is 942. The summed E-state index contributed by atoms with van der Waals surface area (Å²) in [6.07, 6.45) is 0. The van der Waals surface area contributed by atoms with Crippen LogP contribution in [-0.2, 0) is 0 Å². The summed E-state index contributed by atoms with van der Waals surface area (Å²) < 4.78 is 0. The number of carbonyl (C=O) groups excluding carboxylic acids is 2. The van der Waals surface area contributed by atoms with Crippen molar-refractivity contribution in [3.05, 3.63) is 65.7 Å². The number of phenols is 1. The summed E-state index contributed by atoms with van der Waals surface area (Å²) in [4.78, 5) is 24.4. The van der Waals surface area contributed by atoms with E-state index in [9.17, 15) is 14.7 Å². The molecule has 3 aromatic carbocycles. The fraction of sp³-hybridized carbons (Fsp3) is 0. The van der Waals surface area contributed by atoms with Crippen molar-refractivity contribution < 1.29 is 14.7 Å². The zero-order valence-corrected chi connectivity index (χ0v) is 11.5. The normalized spacial score (nSPS) is 13.3. The lowest BCUT2D eigenvalue weighted by molar-refractivity contribution is 0.0845. The number of hydrogen-bond donors (Lipinski definition) is 2. The van der Waals surface area contributed by atoms with E-state index in [0.29, 0.717) is 16.5 Å². The van der Waals surface area contributed by atoms with E-state index in [1.54, 1.807) is 36.4 Å². The Morgan fingerprint density at radius 3 is 2.32 bits per heavy atom. The third-order valence-electron chi connectivity index (χ3n) is 3.92. The first-order valence-electron chi connectivity index (χ1n) is 6.86. The molecule has 1 heterocycles. The second-order valence-corrected chi connectivity index (χ2v) is 5.22. The van der Waals surface area contributed by atoms with Crippen molar-refractivity contribution in [1.82, 2.24) is 5.32 Å². The SMILES string of the molecule is O=C1NC(=O)c2c(-c3ccc(O)cc3)ccc3cccc1c23. The van der Waals surface area contributed by atoms with Gasteiger partial charge in [-0.05, 0) is 34.7 Å². The van der Waals surface area contributed by atoms with Gasteiger partial charge in [0.05, 0.1) is 5.56 Å². The number of benzene rings is 3. The van der Waals surface area contributed by atoms with Crippen molar-refractivity contribution in [2.75, 3.05) is 0 Å². The molecule has 0 saturated carbocycles. The molecule has 0 saturated heterocycles. The minimum absolute atomic E-state index is 0.165. The van der Waals surface area contributed by atoms with Gasteiger partial charge < -0.3 is 5.11 Å². The third kappa shape index (κ3) is 1.71. The summed E-state index contributed by atoms with van der Waals surface area (Å²) in [5.41, 5.74) is 2.56. The van der Waals surface area contributed by atoms with Crippen molar-refractivity contribution in [1.29, 1.82) is 0 Å². The van der Waals surface area contributed by atoms with Crippen molar-refractivity contribution in [2.45, 2.75) is 0 Å². The predicted octanol–water partition coefficient (Wildman–Crippen LogP) is 3.10. The maximum atomic E-state index is 12.4. The number of phenolic OH excluding ortho intramolecular Hbond substituents is 1. The Morgan fingerprint density at radius 2 is 1.55 bits per heavy atom. The van der Waals surface area contributed by atoms with Crippen molar-refractivity contribution >= 4 is 22.6 Å². The minimum atomic E-state index is -0.391. The van der Waals surface area contributed by atoms with Gasteiger partial charge in [-0.2, -0.15) is 0 Å². The molecule has 0 aliphatic carbocycles. The molecule has 0 atom stereocenters. The number of imide groups is 1. The molecule has 1 aliphatic heterocycles. The first-order chi connectivity index (χ1) is 10.6. The van der Waals surface area contributed by atoms with Crippen LogP contribution in [0.3, 0.4) is 0 Å². The largest absolute Gasteiger partial charge is 0.508 e. The van der Waals surface area contributed by atoms with E-state index < -0.39 is 5.91 Å². The van der Waals surface area contributed by atoms with Crippen LogP contribution >= 0.6 is 0 Å². The van der Waals surface area contributed by atoms with Gasteiger partial charge in [-0.1, -0.05) is 36.4 Å². The van der Waals surface area contributed by atoms with Crippen molar-refractivity contribution in [3.8, 4) is 16.9 Å². The molecule has 0 spiro atoms. The Balaban J connectivity index is 2.10. The first kappa shape index (κ1) is 12.6. The van der Waals surface area contributed by atoms with Gasteiger partial charge in [-0.15, -0.1) is 0 Å². The van der Waals surface area contributed by atoms with E-state index >= 15 is 0 Å². The van der Waals surface area contributed by atoms with E-state index in [-0.39, 0.29) is 11.7 Å². The molecule has 1 aliphatic rings. The van der Waals surface area contributed by atoms with Gasteiger partial charge in [0.15, 0.2) is 0 Å². The maximum absolute atomic E-state index is 12.4. The van der Waals surface area contributed by atoms with Crippen molar-refractivity contribution in [2.24, 2.45) is 0 Å². The average molecular weight is 289 g/mol. The molecule has 0 unspecified atom stereocenters. The Labute approximate surface area is 126 Å². The predicted molar refractivity (Wildman–Crippen MR) is 82.8 cm³/mol. The monoisotopic (exact) mass is 289 g/mol. The van der Waals surface area contributed by atoms with Crippen molar-refractivity contribution in [3.63, 3.8) is 0 Å². The molecule has 0 bridgehead atoms. The van der Waals surface area contributed by atoms with E-state index in [2.05, 4.69) is 5.32 Å². The first-order valence-corrected chi connectivity index (χ1v) is 6.86. The lowest BCUT2D eigenvalue weighted by Gasteiger charge is -2.19. The maximum Gasteiger partial charge on any atom is 0.259 e. The lowest BCUT2D eigenvalue weighted by atomic mass is 9.89. The summed E-state index contributed by atoms with van der Waals surface area (Å²) >= 11 is 0. The molecule has 4 nitrogen and oxygen atoms in total. The second kappa shape index (κ2) is 4.43. The van der Waals surface area contributed by atoms with Crippen LogP contribution in [0.1, 0.15) is 20.7 Å². The molecule has 4 rings (SSSR count). The molecule has 0 fully saturated rings. The van der Waals surface area contributed by atoms with Gasteiger partial charge in [0.2, 0.25) is 0 Å². The summed E-state index contributed by atoms with van der Waals surface area (Å²) in [7, 11) is 0. The van der Waals surface area contributed by atoms with Gasteiger partial charge in [-0.3, -0.25) is 14.9 Å². The zero-order valence-electron chi connectivity index (χ0n) is 11.5. The molecule has 0 radical (unpaired) electrons. The highest BCUT2D eigenvalue weighted by atomic mass is 16.3. The number of nitrogens with one attached hydrogen (secondary N) is 1. The summed E-state index contributed by atoms with van der Waals surface area (Å²) in [6, 6.07) is 15.8. The van der Waals surface area contributed by atoms with Gasteiger partial charge in [0, 0.05) is 10.9 Å². The van der Waals surface area contributed by atoms with E-state index in [1.807, 2.05) is 18.2 Å². The van der Waals surface area contributed by atoms with Crippen LogP contribution in [0.5, 0.6) is 5.75 Å². The topological polar surface area (TPSA) is 66.4 Å². The molecule has 4 heteroatoms. The summed E-state index contributed by atoms with van der Waals surface area (Å²) in [6.45, 7) is 0. The summed E-state index contributed by atoms with van der Waals surface area (Å²) in [5, 5.41) is 13.4. The fourth-order valence-electron chi connectivity index (χ4n) is 2.92. The number of carbonyl (C=O) groups is 2. The molecule has 0 aromatic heterocycles.